The van der Waals surface area contributed by atoms with Gasteiger partial charge in [-0.25, -0.2) is 0 Å². The van der Waals surface area contributed by atoms with Gasteiger partial charge in [0, 0.05) is 0 Å². The molecule has 0 heterocycles. The number of nitrogen functional groups attached to an aromatic ring is 1. The van der Waals surface area contributed by atoms with E-state index in [-0.39, 0.29) is 0 Å². The number of ether oxygens (including phenoxy) is 1. The first-order valence-corrected chi connectivity index (χ1v) is 6.68. The fourth-order valence-corrected chi connectivity index (χ4v) is 2.18. The van der Waals surface area contributed by atoms with E-state index in [0.717, 1.165) is 12.2 Å². The van der Waals surface area contributed by atoms with Gasteiger partial charge in [0.25, 0.3) is 0 Å². The molecule has 0 atom stereocenters. The van der Waals surface area contributed by atoms with Crippen molar-refractivity contribution in [1.82, 2.24) is 0 Å². The maximum atomic E-state index is 6.01. The van der Waals surface area contributed by atoms with Crippen molar-refractivity contribution < 1.29 is 4.74 Å². The van der Waals surface area contributed by atoms with Crippen LogP contribution < -0.4 is 10.5 Å². The fraction of sp³-hybridized carbons (Fsp3) is 0.294. The second kappa shape index (κ2) is 5.79. The van der Waals surface area contributed by atoms with Crippen molar-refractivity contribution in [2.24, 2.45) is 0 Å². The number of rotatable bonds is 4. The molecule has 0 fully saturated rings. The molecule has 2 aromatic rings. The second-order valence-corrected chi connectivity index (χ2v) is 4.88. The monoisotopic (exact) mass is 255 g/mol. The molecule has 0 aliphatic carbocycles. The summed E-state index contributed by atoms with van der Waals surface area (Å²) in [6, 6.07) is 12.3. The number of anilines is 1. The summed E-state index contributed by atoms with van der Waals surface area (Å²) >= 11 is 0. The van der Waals surface area contributed by atoms with Gasteiger partial charge in [-0.2, -0.15) is 0 Å². The van der Waals surface area contributed by atoms with Gasteiger partial charge >= 0.3 is 0 Å². The molecule has 0 radical (unpaired) electrons. The molecule has 0 aromatic heterocycles. The third kappa shape index (κ3) is 3.08. The Balaban J connectivity index is 2.15. The molecule has 0 spiro atoms. The Morgan fingerprint density at radius 2 is 1.74 bits per heavy atom. The lowest BCUT2D eigenvalue weighted by atomic mass is 10.0. The van der Waals surface area contributed by atoms with Crippen LogP contribution in [0.5, 0.6) is 5.75 Å². The van der Waals surface area contributed by atoms with Crippen LogP contribution in [0.15, 0.2) is 36.4 Å². The maximum absolute atomic E-state index is 6.01. The van der Waals surface area contributed by atoms with Gasteiger partial charge in [-0.3, -0.25) is 0 Å². The highest BCUT2D eigenvalue weighted by Crippen LogP contribution is 2.25. The number of aryl methyl sites for hydroxylation is 3. The Kier molecular flexibility index (Phi) is 4.10. The highest BCUT2D eigenvalue weighted by atomic mass is 16.5. The van der Waals surface area contributed by atoms with Crippen molar-refractivity contribution in [3.63, 3.8) is 0 Å². The van der Waals surface area contributed by atoms with Crippen LogP contribution in [0.25, 0.3) is 0 Å². The second-order valence-electron chi connectivity index (χ2n) is 4.88. The standard InChI is InChI=1S/C17H21NO/c1-4-14-8-9-17(16(18)10-14)19-11-15-12(2)6-5-7-13(15)3/h5-10H,4,11,18H2,1-3H3. The first kappa shape index (κ1) is 13.5. The van der Waals surface area contributed by atoms with Crippen LogP contribution in [0.1, 0.15) is 29.2 Å². The quantitative estimate of drug-likeness (QED) is 0.837. The molecule has 2 aromatic carbocycles. The van der Waals surface area contributed by atoms with Crippen LogP contribution in [0.2, 0.25) is 0 Å². The van der Waals surface area contributed by atoms with Gasteiger partial charge in [0.05, 0.1) is 5.69 Å². The molecule has 19 heavy (non-hydrogen) atoms. The van der Waals surface area contributed by atoms with Gasteiger partial charge in [-0.15, -0.1) is 0 Å². The van der Waals surface area contributed by atoms with Gasteiger partial charge < -0.3 is 10.5 Å². The number of hydrogen-bond acceptors (Lipinski definition) is 2. The zero-order valence-corrected chi connectivity index (χ0v) is 11.9. The lowest BCUT2D eigenvalue weighted by molar-refractivity contribution is 0.306. The van der Waals surface area contributed by atoms with E-state index in [1.807, 2.05) is 12.1 Å². The van der Waals surface area contributed by atoms with Crippen molar-refractivity contribution in [2.75, 3.05) is 5.73 Å². The largest absolute Gasteiger partial charge is 0.487 e. The van der Waals surface area contributed by atoms with Crippen LogP contribution >= 0.6 is 0 Å². The normalized spacial score (nSPS) is 10.5. The Morgan fingerprint density at radius 1 is 1.05 bits per heavy atom. The van der Waals surface area contributed by atoms with Gasteiger partial charge in [0.2, 0.25) is 0 Å². The minimum absolute atomic E-state index is 0.564. The van der Waals surface area contributed by atoms with E-state index in [4.69, 9.17) is 10.5 Å². The van der Waals surface area contributed by atoms with Gasteiger partial charge in [0.1, 0.15) is 12.4 Å². The molecule has 2 N–H and O–H groups in total. The number of hydrogen-bond donors (Lipinski definition) is 1. The highest BCUT2D eigenvalue weighted by Gasteiger charge is 2.05. The molecule has 0 unspecified atom stereocenters. The molecule has 0 amide bonds. The number of benzene rings is 2. The van der Waals surface area contributed by atoms with Crippen molar-refractivity contribution in [3.05, 3.63) is 58.7 Å². The molecular weight excluding hydrogens is 234 g/mol. The van der Waals surface area contributed by atoms with E-state index in [9.17, 15) is 0 Å². The van der Waals surface area contributed by atoms with Crippen LogP contribution in [0.4, 0.5) is 5.69 Å². The third-order valence-electron chi connectivity index (χ3n) is 3.50. The van der Waals surface area contributed by atoms with Crippen molar-refractivity contribution in [2.45, 2.75) is 33.8 Å². The Labute approximate surface area is 115 Å². The molecule has 2 nitrogen and oxygen atoms in total. The lowest BCUT2D eigenvalue weighted by Gasteiger charge is -2.13. The topological polar surface area (TPSA) is 35.2 Å². The summed E-state index contributed by atoms with van der Waals surface area (Å²) in [6.07, 6.45) is 0.987. The molecular formula is C17H21NO. The minimum Gasteiger partial charge on any atom is -0.487 e. The summed E-state index contributed by atoms with van der Waals surface area (Å²) in [5.74, 6) is 0.764. The predicted molar refractivity (Wildman–Crippen MR) is 80.5 cm³/mol. The fourth-order valence-electron chi connectivity index (χ4n) is 2.18. The molecule has 100 valence electrons. The molecule has 0 aliphatic rings. The van der Waals surface area contributed by atoms with Crippen LogP contribution in [-0.2, 0) is 13.0 Å². The average molecular weight is 255 g/mol. The first-order chi connectivity index (χ1) is 9.11. The molecule has 2 heteroatoms. The van der Waals surface area contributed by atoms with Gasteiger partial charge in [-0.05, 0) is 54.7 Å². The van der Waals surface area contributed by atoms with Gasteiger partial charge in [-0.1, -0.05) is 31.2 Å². The Hall–Kier alpha value is -1.96. The summed E-state index contributed by atoms with van der Waals surface area (Å²) in [5, 5.41) is 0. The summed E-state index contributed by atoms with van der Waals surface area (Å²) in [7, 11) is 0. The smallest absolute Gasteiger partial charge is 0.142 e. The molecule has 0 aliphatic heterocycles. The van der Waals surface area contributed by atoms with E-state index < -0.39 is 0 Å². The lowest BCUT2D eigenvalue weighted by Crippen LogP contribution is -2.02. The van der Waals surface area contributed by atoms with Crippen molar-refractivity contribution in [3.8, 4) is 5.75 Å². The third-order valence-corrected chi connectivity index (χ3v) is 3.50. The van der Waals surface area contributed by atoms with Crippen molar-refractivity contribution >= 4 is 5.69 Å². The molecule has 0 saturated heterocycles. The molecule has 2 rings (SSSR count). The van der Waals surface area contributed by atoms with Gasteiger partial charge in [0.15, 0.2) is 0 Å². The number of nitrogens with two attached hydrogens (primary N) is 1. The summed E-state index contributed by atoms with van der Waals surface area (Å²) in [6.45, 7) is 6.89. The zero-order chi connectivity index (χ0) is 13.8. The minimum atomic E-state index is 0.564. The zero-order valence-electron chi connectivity index (χ0n) is 11.9. The Bertz CT molecular complexity index is 555. The van der Waals surface area contributed by atoms with E-state index in [0.29, 0.717) is 12.3 Å². The Morgan fingerprint density at radius 3 is 2.32 bits per heavy atom. The molecule has 0 saturated carbocycles. The van der Waals surface area contributed by atoms with E-state index in [1.165, 1.54) is 22.3 Å². The highest BCUT2D eigenvalue weighted by molar-refractivity contribution is 5.54. The van der Waals surface area contributed by atoms with E-state index in [1.54, 1.807) is 0 Å². The SMILES string of the molecule is CCc1ccc(OCc2c(C)cccc2C)c(N)c1. The summed E-state index contributed by atoms with van der Waals surface area (Å²) in [4.78, 5) is 0. The van der Waals surface area contributed by atoms with Crippen LogP contribution in [0.3, 0.4) is 0 Å². The molecule has 0 bridgehead atoms. The maximum Gasteiger partial charge on any atom is 0.142 e. The van der Waals surface area contributed by atoms with Crippen LogP contribution in [0, 0.1) is 13.8 Å². The van der Waals surface area contributed by atoms with E-state index >= 15 is 0 Å². The first-order valence-electron chi connectivity index (χ1n) is 6.68. The summed E-state index contributed by atoms with van der Waals surface area (Å²) < 4.78 is 5.86. The average Bonchev–Trinajstić information content (AvgIpc) is 2.39. The van der Waals surface area contributed by atoms with Crippen molar-refractivity contribution in [1.29, 1.82) is 0 Å². The van der Waals surface area contributed by atoms with E-state index in [2.05, 4.69) is 45.0 Å². The predicted octanol–water partition coefficient (Wildman–Crippen LogP) is 4.03. The van der Waals surface area contributed by atoms with Crippen LogP contribution in [-0.4, -0.2) is 0 Å². The summed E-state index contributed by atoms with van der Waals surface area (Å²) in [5.41, 5.74) is 11.7.